The molecule has 40 heavy (non-hydrogen) atoms. The molecule has 3 heterocycles. The molecule has 1 aliphatic rings. The SMILES string of the molecule is CCCCCCCCC(CCCCCCCC)C(=O)OC[C@H]1O[C@@H](n2cnc3c(N(C)C)ncnc32)[C@H](O)[C@@H]1O. The molecule has 10 nitrogen and oxygen atoms in total. The Balaban J connectivity index is 1.56. The first-order valence-electron chi connectivity index (χ1n) is 15.4. The maximum Gasteiger partial charge on any atom is 0.309 e. The van der Waals surface area contributed by atoms with Crippen molar-refractivity contribution in [3.8, 4) is 0 Å². The number of nitrogens with zero attached hydrogens (tertiary/aromatic N) is 5. The largest absolute Gasteiger partial charge is 0.463 e. The van der Waals surface area contributed by atoms with Gasteiger partial charge in [0.15, 0.2) is 23.2 Å². The fourth-order valence-corrected chi connectivity index (χ4v) is 5.45. The number of carbonyl (C=O) groups is 1. The van der Waals surface area contributed by atoms with Crippen LogP contribution in [0, 0.1) is 5.92 Å². The molecule has 0 spiro atoms. The number of carbonyl (C=O) groups excluding carboxylic acids is 1. The number of hydrogen-bond donors (Lipinski definition) is 2. The van der Waals surface area contributed by atoms with E-state index in [0.717, 1.165) is 38.5 Å². The third-order valence-electron chi connectivity index (χ3n) is 7.91. The average Bonchev–Trinajstić information content (AvgIpc) is 3.50. The van der Waals surface area contributed by atoms with Crippen LogP contribution in [-0.4, -0.2) is 74.7 Å². The summed E-state index contributed by atoms with van der Waals surface area (Å²) in [4.78, 5) is 28.0. The number of hydrogen-bond acceptors (Lipinski definition) is 9. The standard InChI is InChI=1S/C30H51N5O5/c1-5-7-9-11-13-15-17-22(18-16-14-12-10-8-6-2)30(38)39-19-23-25(36)26(37)29(40-23)35-21-33-24-27(34(3)4)31-20-32-28(24)35/h20-23,25-26,29,36-37H,5-19H2,1-4H3/t23-,25-,26-,29-/m1/s1. The number of esters is 1. The minimum atomic E-state index is -1.22. The zero-order chi connectivity index (χ0) is 28.9. The van der Waals surface area contributed by atoms with Gasteiger partial charge in [0.05, 0.1) is 12.2 Å². The van der Waals surface area contributed by atoms with Crippen LogP contribution in [0.25, 0.3) is 11.2 Å². The van der Waals surface area contributed by atoms with Crippen molar-refractivity contribution in [2.75, 3.05) is 25.6 Å². The van der Waals surface area contributed by atoms with Crippen LogP contribution in [0.5, 0.6) is 0 Å². The van der Waals surface area contributed by atoms with Crippen molar-refractivity contribution in [2.24, 2.45) is 5.92 Å². The lowest BCUT2D eigenvalue weighted by Crippen LogP contribution is -2.35. The van der Waals surface area contributed by atoms with Gasteiger partial charge in [0, 0.05) is 14.1 Å². The topological polar surface area (TPSA) is 123 Å². The van der Waals surface area contributed by atoms with Gasteiger partial charge in [-0.1, -0.05) is 90.9 Å². The third-order valence-corrected chi connectivity index (χ3v) is 7.91. The Morgan fingerprint density at radius 3 is 2.12 bits per heavy atom. The lowest BCUT2D eigenvalue weighted by Gasteiger charge is -2.19. The Hall–Kier alpha value is -2.30. The molecule has 226 valence electrons. The van der Waals surface area contributed by atoms with Crippen molar-refractivity contribution in [1.29, 1.82) is 0 Å². The van der Waals surface area contributed by atoms with E-state index in [1.165, 1.54) is 64.0 Å². The first-order valence-corrected chi connectivity index (χ1v) is 15.4. The number of aliphatic hydroxyl groups is 2. The molecule has 0 aromatic carbocycles. The van der Waals surface area contributed by atoms with E-state index < -0.39 is 24.5 Å². The van der Waals surface area contributed by atoms with Crippen LogP contribution in [0.3, 0.4) is 0 Å². The van der Waals surface area contributed by atoms with Gasteiger partial charge in [0.25, 0.3) is 0 Å². The number of aromatic nitrogens is 4. The third kappa shape index (κ3) is 8.85. The molecule has 2 N–H and O–H groups in total. The minimum Gasteiger partial charge on any atom is -0.463 e. The second-order valence-corrected chi connectivity index (χ2v) is 11.4. The highest BCUT2D eigenvalue weighted by atomic mass is 16.6. The number of anilines is 1. The first-order chi connectivity index (χ1) is 19.4. The minimum absolute atomic E-state index is 0.110. The van der Waals surface area contributed by atoms with Crippen LogP contribution in [0.1, 0.15) is 110 Å². The Bertz CT molecular complexity index is 1000. The van der Waals surface area contributed by atoms with Gasteiger partial charge < -0.3 is 24.6 Å². The molecule has 1 aliphatic heterocycles. The van der Waals surface area contributed by atoms with Crippen LogP contribution in [0.4, 0.5) is 5.82 Å². The van der Waals surface area contributed by atoms with E-state index in [0.29, 0.717) is 17.0 Å². The van der Waals surface area contributed by atoms with Crippen molar-refractivity contribution in [1.82, 2.24) is 19.5 Å². The predicted octanol–water partition coefficient (Wildman–Crippen LogP) is 5.17. The monoisotopic (exact) mass is 561 g/mol. The number of imidazole rings is 1. The van der Waals surface area contributed by atoms with E-state index >= 15 is 0 Å². The van der Waals surface area contributed by atoms with Crippen LogP contribution in [0.2, 0.25) is 0 Å². The lowest BCUT2D eigenvalue weighted by atomic mass is 9.94. The first kappa shape index (κ1) is 32.2. The number of rotatable bonds is 19. The van der Waals surface area contributed by atoms with E-state index in [1.807, 2.05) is 19.0 Å². The van der Waals surface area contributed by atoms with Gasteiger partial charge in [0.1, 0.15) is 31.2 Å². The molecular formula is C30H51N5O5. The maximum absolute atomic E-state index is 13.1. The van der Waals surface area contributed by atoms with Crippen molar-refractivity contribution >= 4 is 23.0 Å². The molecule has 2 aromatic heterocycles. The summed E-state index contributed by atoms with van der Waals surface area (Å²) < 4.78 is 13.3. The molecule has 0 radical (unpaired) electrons. The van der Waals surface area contributed by atoms with E-state index in [1.54, 1.807) is 4.57 Å². The fraction of sp³-hybridized carbons (Fsp3) is 0.800. The Kier molecular flexibility index (Phi) is 13.6. The van der Waals surface area contributed by atoms with Gasteiger partial charge in [-0.25, -0.2) is 15.0 Å². The van der Waals surface area contributed by atoms with Crippen molar-refractivity contribution < 1.29 is 24.5 Å². The van der Waals surface area contributed by atoms with Gasteiger partial charge in [0.2, 0.25) is 0 Å². The fourth-order valence-electron chi connectivity index (χ4n) is 5.45. The van der Waals surface area contributed by atoms with Crippen LogP contribution >= 0.6 is 0 Å². The highest BCUT2D eigenvalue weighted by Crippen LogP contribution is 2.33. The van der Waals surface area contributed by atoms with E-state index in [9.17, 15) is 15.0 Å². The normalized spacial score (nSPS) is 21.0. The second-order valence-electron chi connectivity index (χ2n) is 11.4. The quantitative estimate of drug-likeness (QED) is 0.177. The molecule has 0 saturated carbocycles. The summed E-state index contributed by atoms with van der Waals surface area (Å²) in [6, 6.07) is 0. The summed E-state index contributed by atoms with van der Waals surface area (Å²) in [6.45, 7) is 4.32. The molecule has 2 aromatic rings. The Morgan fingerprint density at radius 1 is 0.925 bits per heavy atom. The second kappa shape index (κ2) is 16.8. The molecule has 0 unspecified atom stereocenters. The number of aliphatic hydroxyl groups excluding tert-OH is 2. The summed E-state index contributed by atoms with van der Waals surface area (Å²) in [5.41, 5.74) is 1.06. The van der Waals surface area contributed by atoms with E-state index in [4.69, 9.17) is 9.47 Å². The van der Waals surface area contributed by atoms with Crippen molar-refractivity contribution in [3.63, 3.8) is 0 Å². The van der Waals surface area contributed by atoms with Gasteiger partial charge >= 0.3 is 5.97 Å². The highest BCUT2D eigenvalue weighted by Gasteiger charge is 2.45. The van der Waals surface area contributed by atoms with Crippen molar-refractivity contribution in [3.05, 3.63) is 12.7 Å². The van der Waals surface area contributed by atoms with E-state index in [2.05, 4.69) is 28.8 Å². The molecule has 1 saturated heterocycles. The molecule has 4 atom stereocenters. The Labute approximate surface area is 239 Å². The summed E-state index contributed by atoms with van der Waals surface area (Å²) in [6.07, 6.45) is 14.6. The number of unbranched alkanes of at least 4 members (excludes halogenated alkanes) is 10. The lowest BCUT2D eigenvalue weighted by molar-refractivity contribution is -0.155. The van der Waals surface area contributed by atoms with E-state index in [-0.39, 0.29) is 18.5 Å². The summed E-state index contributed by atoms with van der Waals surface area (Å²) in [7, 11) is 3.73. The van der Waals surface area contributed by atoms with Gasteiger partial charge in [-0.2, -0.15) is 0 Å². The predicted molar refractivity (Wildman–Crippen MR) is 156 cm³/mol. The van der Waals surface area contributed by atoms with Crippen LogP contribution in [-0.2, 0) is 14.3 Å². The smallest absolute Gasteiger partial charge is 0.309 e. The summed E-state index contributed by atoms with van der Waals surface area (Å²) >= 11 is 0. The molecule has 1 fully saturated rings. The zero-order valence-corrected chi connectivity index (χ0v) is 25.0. The number of ether oxygens (including phenoxy) is 2. The summed E-state index contributed by atoms with van der Waals surface area (Å²) in [5, 5.41) is 21.5. The van der Waals surface area contributed by atoms with Crippen molar-refractivity contribution in [2.45, 2.75) is 128 Å². The zero-order valence-electron chi connectivity index (χ0n) is 25.0. The highest BCUT2D eigenvalue weighted by molar-refractivity contribution is 5.83. The van der Waals surface area contributed by atoms with Crippen LogP contribution < -0.4 is 4.90 Å². The molecule has 0 aliphatic carbocycles. The molecule has 0 bridgehead atoms. The molecule has 0 amide bonds. The van der Waals surface area contributed by atoms with Crippen LogP contribution in [0.15, 0.2) is 12.7 Å². The Morgan fingerprint density at radius 2 is 1.52 bits per heavy atom. The van der Waals surface area contributed by atoms with Gasteiger partial charge in [-0.05, 0) is 12.8 Å². The average molecular weight is 562 g/mol. The maximum atomic E-state index is 13.1. The number of fused-ring (bicyclic) bond motifs is 1. The molecular weight excluding hydrogens is 510 g/mol. The van der Waals surface area contributed by atoms with Gasteiger partial charge in [-0.15, -0.1) is 0 Å². The molecule has 3 rings (SSSR count). The summed E-state index contributed by atoms with van der Waals surface area (Å²) in [5.74, 6) is 0.270. The van der Waals surface area contributed by atoms with Gasteiger partial charge in [-0.3, -0.25) is 9.36 Å². The molecule has 10 heteroatoms.